The Morgan fingerprint density at radius 1 is 0.778 bits per heavy atom. The molecule has 2 atom stereocenters. The molecular formula is C14H13F15O6S. The zero-order chi connectivity index (χ0) is 29.6. The monoisotopic (exact) mass is 594 g/mol. The molecule has 0 aliphatic carbocycles. The molecule has 0 rings (SSSR count). The molecule has 0 saturated carbocycles. The zero-order valence-electron chi connectivity index (χ0n) is 17.1. The SMILES string of the molecule is CCC(F)C(F)(F)C(F)(F)C(F)(F)C(F)(F)C(F)(F)C(F)(F)C(F)(F)OC(=O)CC(C)OS(=O)(=O)O. The summed E-state index contributed by atoms with van der Waals surface area (Å²) in [5.41, 5.74) is 0. The minimum Gasteiger partial charge on any atom is -0.396 e. The number of carbonyl (C=O) groups excluding carboxylic acids is 1. The summed E-state index contributed by atoms with van der Waals surface area (Å²) < 4.78 is 237. The molecule has 0 heterocycles. The second-order valence-corrected chi connectivity index (χ2v) is 7.95. The molecule has 0 saturated heterocycles. The lowest BCUT2D eigenvalue weighted by Crippen LogP contribution is -2.74. The molecule has 0 radical (unpaired) electrons. The Bertz CT molecular complexity index is 904. The molecule has 2 unspecified atom stereocenters. The molecular weight excluding hydrogens is 581 g/mol. The first-order chi connectivity index (χ1) is 15.5. The van der Waals surface area contributed by atoms with Crippen LogP contribution in [0.5, 0.6) is 0 Å². The summed E-state index contributed by atoms with van der Waals surface area (Å²) in [6.45, 7) is 0.690. The van der Waals surface area contributed by atoms with Gasteiger partial charge >= 0.3 is 58.0 Å². The fraction of sp³-hybridized carbons (Fsp3) is 0.929. The van der Waals surface area contributed by atoms with Crippen LogP contribution < -0.4 is 0 Å². The Morgan fingerprint density at radius 3 is 1.50 bits per heavy atom. The van der Waals surface area contributed by atoms with Crippen molar-refractivity contribution in [3.8, 4) is 0 Å². The molecule has 0 aliphatic heterocycles. The Morgan fingerprint density at radius 2 is 1.14 bits per heavy atom. The maximum atomic E-state index is 13.6. The number of halogens is 15. The van der Waals surface area contributed by atoms with Gasteiger partial charge in [0, 0.05) is 0 Å². The average molecular weight is 594 g/mol. The third-order valence-corrected chi connectivity index (χ3v) is 4.67. The van der Waals surface area contributed by atoms with E-state index in [0.29, 0.717) is 6.92 Å². The van der Waals surface area contributed by atoms with Crippen LogP contribution in [0.15, 0.2) is 0 Å². The van der Waals surface area contributed by atoms with Crippen molar-refractivity contribution >= 4 is 16.4 Å². The summed E-state index contributed by atoms with van der Waals surface area (Å²) in [7, 11) is -5.44. The van der Waals surface area contributed by atoms with Gasteiger partial charge in [0.15, 0.2) is 6.17 Å². The maximum absolute atomic E-state index is 13.6. The highest BCUT2D eigenvalue weighted by Crippen LogP contribution is 2.62. The van der Waals surface area contributed by atoms with Crippen molar-refractivity contribution in [1.29, 1.82) is 0 Å². The summed E-state index contributed by atoms with van der Waals surface area (Å²) in [6, 6.07) is 0. The van der Waals surface area contributed by atoms with Crippen LogP contribution in [0.2, 0.25) is 0 Å². The number of alkyl halides is 15. The van der Waals surface area contributed by atoms with E-state index in [9.17, 15) is 79.1 Å². The van der Waals surface area contributed by atoms with Gasteiger partial charge < -0.3 is 4.74 Å². The van der Waals surface area contributed by atoms with Crippen molar-refractivity contribution in [2.24, 2.45) is 0 Å². The smallest absolute Gasteiger partial charge is 0.396 e. The Kier molecular flexibility index (Phi) is 9.40. The highest BCUT2D eigenvalue weighted by molar-refractivity contribution is 7.80. The predicted octanol–water partition coefficient (Wildman–Crippen LogP) is 5.28. The summed E-state index contributed by atoms with van der Waals surface area (Å²) >= 11 is 0. The van der Waals surface area contributed by atoms with Gasteiger partial charge in [0.2, 0.25) is 0 Å². The van der Waals surface area contributed by atoms with E-state index in [1.807, 2.05) is 0 Å². The first-order valence-electron chi connectivity index (χ1n) is 8.64. The third kappa shape index (κ3) is 5.73. The molecule has 0 amide bonds. The number of carbonyl (C=O) groups is 1. The quantitative estimate of drug-likeness (QED) is 0.177. The molecule has 1 N–H and O–H groups in total. The zero-order valence-corrected chi connectivity index (χ0v) is 18.0. The largest absolute Gasteiger partial charge is 0.473 e. The van der Waals surface area contributed by atoms with E-state index >= 15 is 0 Å². The van der Waals surface area contributed by atoms with E-state index in [2.05, 4.69) is 8.92 Å². The number of hydrogen-bond donors (Lipinski definition) is 1. The molecule has 0 bridgehead atoms. The van der Waals surface area contributed by atoms with Crippen molar-refractivity contribution in [3.63, 3.8) is 0 Å². The first-order valence-corrected chi connectivity index (χ1v) is 10.0. The van der Waals surface area contributed by atoms with E-state index < -0.39 is 83.1 Å². The maximum Gasteiger partial charge on any atom is 0.473 e. The molecule has 0 fully saturated rings. The van der Waals surface area contributed by atoms with Gasteiger partial charge in [0.25, 0.3) is 0 Å². The summed E-state index contributed by atoms with van der Waals surface area (Å²) in [4.78, 5) is 11.1. The van der Waals surface area contributed by atoms with Gasteiger partial charge in [-0.05, 0) is 13.3 Å². The number of ether oxygens (including phenoxy) is 1. The van der Waals surface area contributed by atoms with Gasteiger partial charge in [0.1, 0.15) is 0 Å². The highest BCUT2D eigenvalue weighted by Gasteiger charge is 2.94. The van der Waals surface area contributed by atoms with Crippen molar-refractivity contribution in [2.45, 2.75) is 80.6 Å². The molecule has 0 spiro atoms. The van der Waals surface area contributed by atoms with E-state index in [4.69, 9.17) is 4.55 Å². The van der Waals surface area contributed by atoms with Crippen LogP contribution in [0.3, 0.4) is 0 Å². The van der Waals surface area contributed by atoms with Crippen LogP contribution in [-0.2, 0) is 24.1 Å². The predicted molar refractivity (Wildman–Crippen MR) is 82.6 cm³/mol. The fourth-order valence-electron chi connectivity index (χ4n) is 2.16. The second-order valence-electron chi connectivity index (χ2n) is 6.90. The van der Waals surface area contributed by atoms with E-state index in [-0.39, 0.29) is 6.92 Å². The van der Waals surface area contributed by atoms with Crippen molar-refractivity contribution in [2.75, 3.05) is 0 Å². The summed E-state index contributed by atoms with van der Waals surface area (Å²) in [5.74, 6) is -51.0. The van der Waals surface area contributed by atoms with Gasteiger partial charge in [-0.3, -0.25) is 9.35 Å². The first kappa shape index (κ1) is 34.3. The molecule has 216 valence electrons. The van der Waals surface area contributed by atoms with Crippen LogP contribution >= 0.6 is 0 Å². The van der Waals surface area contributed by atoms with Gasteiger partial charge in [-0.15, -0.1) is 0 Å². The minimum absolute atomic E-state index is 0.268. The molecule has 0 aromatic heterocycles. The lowest BCUT2D eigenvalue weighted by atomic mass is 9.89. The number of esters is 1. The summed E-state index contributed by atoms with van der Waals surface area (Å²) in [6.07, 6.45) is -17.8. The molecule has 36 heavy (non-hydrogen) atoms. The van der Waals surface area contributed by atoms with E-state index in [1.54, 1.807) is 0 Å². The van der Waals surface area contributed by atoms with Crippen molar-refractivity contribution in [3.05, 3.63) is 0 Å². The average Bonchev–Trinajstić information content (AvgIpc) is 2.63. The lowest BCUT2D eigenvalue weighted by molar-refractivity contribution is -0.462. The highest BCUT2D eigenvalue weighted by atomic mass is 32.3. The Hall–Kier alpha value is -1.71. The Balaban J connectivity index is 6.34. The van der Waals surface area contributed by atoms with Crippen LogP contribution in [0.4, 0.5) is 65.9 Å². The van der Waals surface area contributed by atoms with E-state index in [1.165, 1.54) is 0 Å². The lowest BCUT2D eigenvalue weighted by Gasteiger charge is -2.42. The Labute approximate surface area is 190 Å². The minimum atomic E-state index is -8.50. The van der Waals surface area contributed by atoms with Crippen LogP contribution in [0.1, 0.15) is 26.7 Å². The van der Waals surface area contributed by atoms with Crippen molar-refractivity contribution in [1.82, 2.24) is 0 Å². The van der Waals surface area contributed by atoms with Gasteiger partial charge in [0.05, 0.1) is 12.5 Å². The standard InChI is InChI=1S/C14H13F15O6S/c1-3-6(15)8(16,17)9(18,19)10(20,21)11(22,23)12(24,25)13(26,27)14(28,29)34-7(30)4-5(2)35-36(31,32)33/h5-6H,3-4H2,1-2H3,(H,31,32,33). The second kappa shape index (κ2) is 9.87. The van der Waals surface area contributed by atoms with Crippen molar-refractivity contribution < 1.29 is 92.5 Å². The van der Waals surface area contributed by atoms with Gasteiger partial charge in [-0.25, -0.2) is 8.57 Å². The molecule has 0 aromatic carbocycles. The van der Waals surface area contributed by atoms with Gasteiger partial charge in [-0.2, -0.15) is 69.9 Å². The van der Waals surface area contributed by atoms with Crippen LogP contribution in [0, 0.1) is 0 Å². The van der Waals surface area contributed by atoms with Gasteiger partial charge in [-0.1, -0.05) is 6.92 Å². The number of rotatable bonds is 13. The summed E-state index contributed by atoms with van der Waals surface area (Å²) in [5, 5.41) is 0. The molecule has 0 aromatic rings. The topological polar surface area (TPSA) is 89.9 Å². The van der Waals surface area contributed by atoms with E-state index in [0.717, 1.165) is 0 Å². The fourth-order valence-corrected chi connectivity index (χ4v) is 2.64. The normalized spacial score (nSPS) is 17.1. The number of hydrogen-bond acceptors (Lipinski definition) is 5. The van der Waals surface area contributed by atoms with Crippen LogP contribution in [0.25, 0.3) is 0 Å². The molecule has 22 heteroatoms. The van der Waals surface area contributed by atoms with Crippen LogP contribution in [-0.4, -0.2) is 72.9 Å². The third-order valence-electron chi connectivity index (χ3n) is 4.10. The molecule has 0 aliphatic rings. The molecule has 6 nitrogen and oxygen atoms in total.